The quantitative estimate of drug-likeness (QED) is 0.681. The molecule has 0 aliphatic heterocycles. The van der Waals surface area contributed by atoms with E-state index in [9.17, 15) is 4.79 Å². The number of hydrogen-bond donors (Lipinski definition) is 0. The van der Waals surface area contributed by atoms with E-state index in [1.807, 2.05) is 17.0 Å². The average Bonchev–Trinajstić information content (AvgIpc) is 2.46. The van der Waals surface area contributed by atoms with Crippen molar-refractivity contribution in [3.05, 3.63) is 23.8 Å². The van der Waals surface area contributed by atoms with E-state index in [0.29, 0.717) is 37.4 Å². The fourth-order valence-electron chi connectivity index (χ4n) is 2.05. The SMILES string of the molecule is COCCN(CCC#N)c1cccc(OC)c1C(C)=O. The number of Topliss-reactive ketones (excluding diaryl/α,β-unsaturated/α-hetero) is 1. The second kappa shape index (κ2) is 8.18. The summed E-state index contributed by atoms with van der Waals surface area (Å²) in [5.41, 5.74) is 1.33. The van der Waals surface area contributed by atoms with Crippen LogP contribution in [-0.4, -0.2) is 39.7 Å². The number of nitriles is 1. The maximum absolute atomic E-state index is 11.9. The van der Waals surface area contributed by atoms with Gasteiger partial charge in [0.05, 0.1) is 37.5 Å². The third-order valence-corrected chi connectivity index (χ3v) is 2.98. The normalized spacial score (nSPS) is 9.90. The van der Waals surface area contributed by atoms with Gasteiger partial charge in [0.1, 0.15) is 5.75 Å². The number of nitrogens with zero attached hydrogens (tertiary/aromatic N) is 2. The lowest BCUT2D eigenvalue weighted by Gasteiger charge is -2.26. The highest BCUT2D eigenvalue weighted by atomic mass is 16.5. The lowest BCUT2D eigenvalue weighted by atomic mass is 10.1. The van der Waals surface area contributed by atoms with Gasteiger partial charge in [0.15, 0.2) is 5.78 Å². The van der Waals surface area contributed by atoms with Crippen molar-refractivity contribution >= 4 is 11.5 Å². The second-order valence-electron chi connectivity index (χ2n) is 4.30. The first-order valence-corrected chi connectivity index (χ1v) is 6.44. The molecule has 1 aromatic carbocycles. The van der Waals surface area contributed by atoms with Gasteiger partial charge in [-0.15, -0.1) is 0 Å². The molecule has 0 bridgehead atoms. The molecule has 1 aromatic rings. The Balaban J connectivity index is 3.17. The van der Waals surface area contributed by atoms with Crippen molar-refractivity contribution in [1.82, 2.24) is 0 Å². The van der Waals surface area contributed by atoms with Gasteiger partial charge in [-0.25, -0.2) is 0 Å². The van der Waals surface area contributed by atoms with Gasteiger partial charge >= 0.3 is 0 Å². The summed E-state index contributed by atoms with van der Waals surface area (Å²) < 4.78 is 10.4. The number of rotatable bonds is 8. The van der Waals surface area contributed by atoms with Crippen molar-refractivity contribution in [1.29, 1.82) is 5.26 Å². The minimum atomic E-state index is -0.0585. The van der Waals surface area contributed by atoms with Crippen LogP contribution in [0, 0.1) is 11.3 Å². The van der Waals surface area contributed by atoms with Gasteiger partial charge in [0, 0.05) is 20.2 Å². The van der Waals surface area contributed by atoms with E-state index >= 15 is 0 Å². The lowest BCUT2D eigenvalue weighted by molar-refractivity contribution is 0.101. The molecule has 1 rings (SSSR count). The van der Waals surface area contributed by atoms with Gasteiger partial charge < -0.3 is 14.4 Å². The molecule has 5 heteroatoms. The first-order chi connectivity index (χ1) is 9.65. The Morgan fingerprint density at radius 3 is 2.65 bits per heavy atom. The predicted molar refractivity (Wildman–Crippen MR) is 77.3 cm³/mol. The van der Waals surface area contributed by atoms with Crippen LogP contribution >= 0.6 is 0 Å². The van der Waals surface area contributed by atoms with Gasteiger partial charge in [-0.1, -0.05) is 6.07 Å². The fourth-order valence-corrected chi connectivity index (χ4v) is 2.05. The number of anilines is 1. The van der Waals surface area contributed by atoms with Gasteiger partial charge in [-0.05, 0) is 19.1 Å². The molecule has 0 unspecified atom stereocenters. The van der Waals surface area contributed by atoms with Gasteiger partial charge in [0.2, 0.25) is 0 Å². The van der Waals surface area contributed by atoms with Crippen LogP contribution in [0.5, 0.6) is 5.75 Å². The maximum Gasteiger partial charge on any atom is 0.165 e. The summed E-state index contributed by atoms with van der Waals surface area (Å²) in [6, 6.07) is 7.59. The van der Waals surface area contributed by atoms with E-state index in [1.165, 1.54) is 6.92 Å². The molecule has 0 spiro atoms. The molecule has 0 atom stereocenters. The predicted octanol–water partition coefficient (Wildman–Crippen LogP) is 2.26. The first kappa shape index (κ1) is 16.0. The molecule has 108 valence electrons. The van der Waals surface area contributed by atoms with E-state index in [-0.39, 0.29) is 5.78 Å². The molecule has 0 saturated heterocycles. The third kappa shape index (κ3) is 3.97. The van der Waals surface area contributed by atoms with Crippen LogP contribution in [0.2, 0.25) is 0 Å². The summed E-state index contributed by atoms with van der Waals surface area (Å²) in [7, 11) is 3.17. The number of carbonyl (C=O) groups excluding carboxylic acids is 1. The van der Waals surface area contributed by atoms with E-state index in [1.54, 1.807) is 20.3 Å². The zero-order valence-electron chi connectivity index (χ0n) is 12.2. The van der Waals surface area contributed by atoms with Crippen molar-refractivity contribution in [2.75, 3.05) is 38.8 Å². The van der Waals surface area contributed by atoms with E-state index in [0.717, 1.165) is 5.69 Å². The molecular weight excluding hydrogens is 256 g/mol. The second-order valence-corrected chi connectivity index (χ2v) is 4.30. The standard InChI is InChI=1S/C15H20N2O3/c1-12(18)15-13(6-4-7-14(15)20-3)17(9-5-8-16)10-11-19-2/h4,6-7H,5,9-11H2,1-3H3. The maximum atomic E-state index is 11.9. The van der Waals surface area contributed by atoms with Crippen molar-refractivity contribution in [2.45, 2.75) is 13.3 Å². The molecular formula is C15H20N2O3. The zero-order valence-corrected chi connectivity index (χ0v) is 12.2. The van der Waals surface area contributed by atoms with Crippen molar-refractivity contribution in [2.24, 2.45) is 0 Å². The Morgan fingerprint density at radius 2 is 2.10 bits per heavy atom. The molecule has 0 aliphatic carbocycles. The summed E-state index contributed by atoms with van der Waals surface area (Å²) in [4.78, 5) is 13.9. The zero-order chi connectivity index (χ0) is 15.0. The molecule has 0 aromatic heterocycles. The third-order valence-electron chi connectivity index (χ3n) is 2.98. The minimum Gasteiger partial charge on any atom is -0.496 e. The summed E-state index contributed by atoms with van der Waals surface area (Å²) in [5.74, 6) is 0.492. The Labute approximate surface area is 119 Å². The van der Waals surface area contributed by atoms with Gasteiger partial charge in [-0.2, -0.15) is 5.26 Å². The Morgan fingerprint density at radius 1 is 1.35 bits per heavy atom. The molecule has 0 saturated carbocycles. The molecule has 20 heavy (non-hydrogen) atoms. The lowest BCUT2D eigenvalue weighted by Crippen LogP contribution is -2.29. The smallest absolute Gasteiger partial charge is 0.165 e. The van der Waals surface area contributed by atoms with Crippen LogP contribution in [0.4, 0.5) is 5.69 Å². The summed E-state index contributed by atoms with van der Waals surface area (Å²) in [6.45, 7) is 3.21. The molecule has 0 aliphatic rings. The van der Waals surface area contributed by atoms with Crippen LogP contribution in [0.3, 0.4) is 0 Å². The van der Waals surface area contributed by atoms with Crippen molar-refractivity contribution in [3.63, 3.8) is 0 Å². The van der Waals surface area contributed by atoms with Crippen LogP contribution in [0.15, 0.2) is 18.2 Å². The molecule has 0 heterocycles. The van der Waals surface area contributed by atoms with Gasteiger partial charge in [0.25, 0.3) is 0 Å². The molecule has 0 N–H and O–H groups in total. The number of carbonyl (C=O) groups is 1. The highest BCUT2D eigenvalue weighted by Crippen LogP contribution is 2.29. The first-order valence-electron chi connectivity index (χ1n) is 6.44. The Hall–Kier alpha value is -2.06. The molecule has 0 radical (unpaired) electrons. The average molecular weight is 276 g/mol. The largest absolute Gasteiger partial charge is 0.496 e. The summed E-state index contributed by atoms with van der Waals surface area (Å²) >= 11 is 0. The number of ketones is 1. The van der Waals surface area contributed by atoms with Crippen LogP contribution in [0.25, 0.3) is 0 Å². The number of benzene rings is 1. The van der Waals surface area contributed by atoms with Crippen LogP contribution < -0.4 is 9.64 Å². The van der Waals surface area contributed by atoms with E-state index in [2.05, 4.69) is 6.07 Å². The Kier molecular flexibility index (Phi) is 6.54. The minimum absolute atomic E-state index is 0.0585. The topological polar surface area (TPSA) is 62.6 Å². The number of hydrogen-bond acceptors (Lipinski definition) is 5. The fraction of sp³-hybridized carbons (Fsp3) is 0.467. The molecule has 5 nitrogen and oxygen atoms in total. The van der Waals surface area contributed by atoms with E-state index < -0.39 is 0 Å². The van der Waals surface area contributed by atoms with Gasteiger partial charge in [-0.3, -0.25) is 4.79 Å². The van der Waals surface area contributed by atoms with E-state index in [4.69, 9.17) is 14.7 Å². The Bertz CT molecular complexity index is 494. The van der Waals surface area contributed by atoms with Crippen molar-refractivity contribution in [3.8, 4) is 11.8 Å². The number of methoxy groups -OCH3 is 2. The van der Waals surface area contributed by atoms with Crippen LogP contribution in [-0.2, 0) is 4.74 Å². The van der Waals surface area contributed by atoms with Crippen molar-refractivity contribution < 1.29 is 14.3 Å². The summed E-state index contributed by atoms with van der Waals surface area (Å²) in [6.07, 6.45) is 0.387. The molecule has 0 fully saturated rings. The number of ether oxygens (including phenoxy) is 2. The highest BCUT2D eigenvalue weighted by Gasteiger charge is 2.18. The molecule has 0 amide bonds. The highest BCUT2D eigenvalue weighted by molar-refractivity contribution is 6.02. The van der Waals surface area contributed by atoms with Crippen LogP contribution in [0.1, 0.15) is 23.7 Å². The monoisotopic (exact) mass is 276 g/mol. The summed E-state index contributed by atoms with van der Waals surface area (Å²) in [5, 5.41) is 8.77.